The van der Waals surface area contributed by atoms with Gasteiger partial charge in [-0.15, -0.1) is 0 Å². The molecule has 0 aliphatic heterocycles. The molecule has 1 fully saturated rings. The number of hydrogen-bond donors (Lipinski definition) is 3. The molecule has 1 amide bonds. The van der Waals surface area contributed by atoms with E-state index in [1.807, 2.05) is 0 Å². The molecular formula is C24H23F3N6O. The molecule has 1 heterocycles. The maximum absolute atomic E-state index is 14.0. The molecule has 1 aliphatic rings. The Balaban J connectivity index is 1.56. The first-order valence-electron chi connectivity index (χ1n) is 10.8. The minimum Gasteiger partial charge on any atom is -0.380 e. The number of anilines is 3. The fourth-order valence-electron chi connectivity index (χ4n) is 4.32. The van der Waals surface area contributed by atoms with E-state index in [0.29, 0.717) is 31.4 Å². The van der Waals surface area contributed by atoms with Crippen molar-refractivity contribution in [3.8, 4) is 6.07 Å². The van der Waals surface area contributed by atoms with Crippen LogP contribution >= 0.6 is 0 Å². The topological polar surface area (TPSA) is 109 Å². The molecule has 0 radical (unpaired) electrons. The van der Waals surface area contributed by atoms with Crippen molar-refractivity contribution >= 4 is 23.1 Å². The van der Waals surface area contributed by atoms with Crippen LogP contribution in [0.2, 0.25) is 0 Å². The zero-order chi connectivity index (χ0) is 24.3. The van der Waals surface area contributed by atoms with Crippen molar-refractivity contribution < 1.29 is 18.0 Å². The van der Waals surface area contributed by atoms with Crippen LogP contribution in [0.5, 0.6) is 0 Å². The summed E-state index contributed by atoms with van der Waals surface area (Å²) in [5, 5.41) is 20.1. The Bertz CT molecular complexity index is 1230. The molecule has 0 unspecified atom stereocenters. The summed E-state index contributed by atoms with van der Waals surface area (Å²) >= 11 is 0. The molecule has 34 heavy (non-hydrogen) atoms. The van der Waals surface area contributed by atoms with E-state index < -0.39 is 28.9 Å². The second kappa shape index (κ2) is 9.47. The summed E-state index contributed by atoms with van der Waals surface area (Å²) in [6, 6.07) is 10.9. The van der Waals surface area contributed by atoms with Gasteiger partial charge in [0.2, 0.25) is 0 Å². The van der Waals surface area contributed by atoms with Gasteiger partial charge >= 0.3 is 0 Å². The second-order valence-electron chi connectivity index (χ2n) is 8.43. The molecule has 1 saturated carbocycles. The third-order valence-electron chi connectivity index (χ3n) is 6.19. The fraction of sp³-hybridized carbons (Fsp3) is 0.292. The summed E-state index contributed by atoms with van der Waals surface area (Å²) in [5.41, 5.74) is 5.62. The zero-order valence-corrected chi connectivity index (χ0v) is 18.2. The molecule has 2 aromatic carbocycles. The van der Waals surface area contributed by atoms with Crippen molar-refractivity contribution in [1.82, 2.24) is 9.78 Å². The van der Waals surface area contributed by atoms with Crippen LogP contribution in [0.4, 0.5) is 30.4 Å². The largest absolute Gasteiger partial charge is 0.380 e. The quantitative estimate of drug-likeness (QED) is 0.461. The summed E-state index contributed by atoms with van der Waals surface area (Å²) in [5.74, 6) is -1.96. The Hall–Kier alpha value is -4.00. The van der Waals surface area contributed by atoms with Crippen molar-refractivity contribution in [3.05, 3.63) is 71.7 Å². The average Bonchev–Trinajstić information content (AvgIpc) is 3.24. The van der Waals surface area contributed by atoms with E-state index in [-0.39, 0.29) is 29.5 Å². The number of hydrogen-bond acceptors (Lipinski definition) is 5. The monoisotopic (exact) mass is 468 g/mol. The lowest BCUT2D eigenvalue weighted by Crippen LogP contribution is -2.41. The Labute approximate surface area is 194 Å². The molecule has 4 N–H and O–H groups in total. The van der Waals surface area contributed by atoms with Crippen LogP contribution in [-0.2, 0) is 5.54 Å². The van der Waals surface area contributed by atoms with Gasteiger partial charge < -0.3 is 16.4 Å². The highest BCUT2D eigenvalue weighted by Gasteiger charge is 2.39. The Kier molecular flexibility index (Phi) is 6.45. The number of nitrogens with one attached hydrogen (secondary N) is 2. The predicted molar refractivity (Wildman–Crippen MR) is 121 cm³/mol. The van der Waals surface area contributed by atoms with Crippen LogP contribution in [0.25, 0.3) is 0 Å². The lowest BCUT2D eigenvalue weighted by atomic mass is 9.77. The Morgan fingerprint density at radius 2 is 1.82 bits per heavy atom. The van der Waals surface area contributed by atoms with E-state index in [1.54, 1.807) is 4.68 Å². The lowest BCUT2D eigenvalue weighted by Gasteiger charge is -2.39. The van der Waals surface area contributed by atoms with Gasteiger partial charge in [0.05, 0.1) is 23.7 Å². The van der Waals surface area contributed by atoms with Gasteiger partial charge in [0, 0.05) is 17.9 Å². The highest BCUT2D eigenvalue weighted by atomic mass is 19.1. The van der Waals surface area contributed by atoms with E-state index in [4.69, 9.17) is 5.73 Å². The third kappa shape index (κ3) is 4.83. The first kappa shape index (κ1) is 23.2. The number of carbonyl (C=O) groups is 1. The van der Waals surface area contributed by atoms with E-state index in [9.17, 15) is 23.2 Å². The first-order valence-corrected chi connectivity index (χ1v) is 10.8. The van der Waals surface area contributed by atoms with E-state index in [1.165, 1.54) is 30.5 Å². The van der Waals surface area contributed by atoms with Crippen molar-refractivity contribution in [2.24, 2.45) is 5.73 Å². The molecule has 1 aromatic heterocycles. The highest BCUT2D eigenvalue weighted by molar-refractivity contribution is 5.98. The van der Waals surface area contributed by atoms with Crippen LogP contribution in [0.3, 0.4) is 0 Å². The lowest BCUT2D eigenvalue weighted by molar-refractivity contribution is 0.1000. The van der Waals surface area contributed by atoms with Crippen LogP contribution in [0.15, 0.2) is 48.7 Å². The second-order valence-corrected chi connectivity index (χ2v) is 8.43. The highest BCUT2D eigenvalue weighted by Crippen LogP contribution is 2.39. The molecule has 7 nitrogen and oxygen atoms in total. The molecule has 10 heteroatoms. The van der Waals surface area contributed by atoms with E-state index >= 15 is 0 Å². The first-order chi connectivity index (χ1) is 16.3. The van der Waals surface area contributed by atoms with Crippen LogP contribution in [-0.4, -0.2) is 21.7 Å². The normalized spacial score (nSPS) is 19.9. The number of aromatic nitrogens is 2. The van der Waals surface area contributed by atoms with Crippen molar-refractivity contribution in [1.29, 1.82) is 5.26 Å². The van der Waals surface area contributed by atoms with Crippen LogP contribution < -0.4 is 16.4 Å². The molecule has 0 spiro atoms. The molecule has 3 aromatic rings. The minimum atomic E-state index is -0.695. The maximum atomic E-state index is 14.0. The van der Waals surface area contributed by atoms with Gasteiger partial charge in [0.1, 0.15) is 23.0 Å². The Morgan fingerprint density at radius 3 is 2.47 bits per heavy atom. The van der Waals surface area contributed by atoms with Crippen molar-refractivity contribution in [2.45, 2.75) is 43.7 Å². The van der Waals surface area contributed by atoms with Gasteiger partial charge in [-0.1, -0.05) is 0 Å². The standard InChI is InChI=1S/C24H23F3N6O/c25-15-1-4-17(5-2-15)31-23-19(22(29)34)14-33(32-23)24(11-12-28)9-7-18(8-10-24)30-21-13-16(26)3-6-20(21)27/h1-6,13-14,18,30H,7-11H2,(H2,29,34)(H,31,32). The average molecular weight is 468 g/mol. The number of rotatable bonds is 7. The minimum absolute atomic E-state index is 0.0960. The number of halogens is 3. The number of benzene rings is 2. The molecule has 176 valence electrons. The number of carbonyl (C=O) groups excluding carboxylic acids is 1. The zero-order valence-electron chi connectivity index (χ0n) is 18.2. The smallest absolute Gasteiger partial charge is 0.254 e. The van der Waals surface area contributed by atoms with Crippen LogP contribution in [0, 0.1) is 28.8 Å². The van der Waals surface area contributed by atoms with Crippen molar-refractivity contribution in [3.63, 3.8) is 0 Å². The third-order valence-corrected chi connectivity index (χ3v) is 6.19. The van der Waals surface area contributed by atoms with Crippen molar-refractivity contribution in [2.75, 3.05) is 10.6 Å². The summed E-state index contributed by atoms with van der Waals surface area (Å²) in [6.45, 7) is 0. The molecule has 4 rings (SSSR count). The van der Waals surface area contributed by atoms with E-state index in [2.05, 4.69) is 21.8 Å². The van der Waals surface area contributed by atoms with E-state index in [0.717, 1.165) is 18.2 Å². The van der Waals surface area contributed by atoms with Gasteiger partial charge in [0.15, 0.2) is 5.82 Å². The van der Waals surface area contributed by atoms with Gasteiger partial charge in [-0.3, -0.25) is 9.48 Å². The number of primary amides is 1. The molecule has 1 aliphatic carbocycles. The maximum Gasteiger partial charge on any atom is 0.254 e. The summed E-state index contributed by atoms with van der Waals surface area (Å²) in [7, 11) is 0. The molecule has 0 atom stereocenters. The van der Waals surface area contributed by atoms with Crippen LogP contribution in [0.1, 0.15) is 42.5 Å². The van der Waals surface area contributed by atoms with Gasteiger partial charge in [-0.25, -0.2) is 13.2 Å². The molecular weight excluding hydrogens is 445 g/mol. The predicted octanol–water partition coefficient (Wildman–Crippen LogP) is 4.81. The summed E-state index contributed by atoms with van der Waals surface area (Å²) in [4.78, 5) is 12.1. The molecule has 0 bridgehead atoms. The number of nitriles is 1. The molecule has 0 saturated heterocycles. The van der Waals surface area contributed by atoms with Gasteiger partial charge in [-0.2, -0.15) is 10.4 Å². The summed E-state index contributed by atoms with van der Waals surface area (Å²) in [6.07, 6.45) is 3.85. The number of amides is 1. The Morgan fingerprint density at radius 1 is 1.15 bits per heavy atom. The van der Waals surface area contributed by atoms with Gasteiger partial charge in [0.25, 0.3) is 5.91 Å². The van der Waals surface area contributed by atoms with Gasteiger partial charge in [-0.05, 0) is 68.1 Å². The fourth-order valence-corrected chi connectivity index (χ4v) is 4.32. The number of nitrogens with two attached hydrogens (primary N) is 1. The summed E-state index contributed by atoms with van der Waals surface area (Å²) < 4.78 is 42.4. The SMILES string of the molecule is N#CCC1(n2cc(C(N)=O)c(Nc3ccc(F)cc3)n2)CCC(Nc2cc(F)ccc2F)CC1. The number of nitrogens with zero attached hydrogens (tertiary/aromatic N) is 3.